The Labute approximate surface area is 150 Å². The maximum absolute atomic E-state index is 12.6. The first-order valence-corrected chi connectivity index (χ1v) is 8.75. The average molecular weight is 346 g/mol. The first-order valence-electron chi connectivity index (χ1n) is 8.75. The van der Waals surface area contributed by atoms with Gasteiger partial charge in [0.2, 0.25) is 0 Å². The molecule has 1 aromatic rings. The van der Waals surface area contributed by atoms with E-state index >= 15 is 0 Å². The maximum atomic E-state index is 12.6. The van der Waals surface area contributed by atoms with Crippen molar-refractivity contribution in [1.82, 2.24) is 9.88 Å². The predicted octanol–water partition coefficient (Wildman–Crippen LogP) is 3.01. The van der Waals surface area contributed by atoms with Crippen LogP contribution in [0.4, 0.5) is 4.79 Å². The quantitative estimate of drug-likeness (QED) is 0.606. The maximum Gasteiger partial charge on any atom is 0.410 e. The minimum atomic E-state index is -0.504. The number of esters is 1. The van der Waals surface area contributed by atoms with E-state index in [1.54, 1.807) is 4.90 Å². The van der Waals surface area contributed by atoms with Gasteiger partial charge in [-0.05, 0) is 45.2 Å². The smallest absolute Gasteiger partial charge is 0.410 e. The van der Waals surface area contributed by atoms with E-state index in [1.807, 2.05) is 27.7 Å². The first-order chi connectivity index (χ1) is 11.7. The Balaban J connectivity index is 2.21. The lowest BCUT2D eigenvalue weighted by atomic mass is 9.74. The second-order valence-corrected chi connectivity index (χ2v) is 7.21. The lowest BCUT2D eigenvalue weighted by Gasteiger charge is -2.28. The van der Waals surface area contributed by atoms with E-state index < -0.39 is 11.6 Å². The van der Waals surface area contributed by atoms with Gasteiger partial charge in [-0.1, -0.05) is 13.1 Å². The average Bonchev–Trinajstić information content (AvgIpc) is 3.01. The number of hydrogen-bond donors (Lipinski definition) is 0. The van der Waals surface area contributed by atoms with Gasteiger partial charge in [-0.3, -0.25) is 4.90 Å². The molecule has 1 aliphatic rings. The van der Waals surface area contributed by atoms with Crippen LogP contribution in [0, 0.1) is 13.8 Å². The van der Waals surface area contributed by atoms with Gasteiger partial charge >= 0.3 is 12.1 Å². The lowest BCUT2D eigenvalue weighted by molar-refractivity contribution is 0.0105. The summed E-state index contributed by atoms with van der Waals surface area (Å²) in [6.45, 7) is 10.5. The molecule has 0 spiro atoms. The molecule has 0 bridgehead atoms. The number of aromatic nitrogens is 1. The zero-order valence-corrected chi connectivity index (χ0v) is 16.1. The number of hydrogen-bond acceptors (Lipinski definition) is 5. The van der Waals surface area contributed by atoms with Crippen molar-refractivity contribution in [2.45, 2.75) is 65.9 Å². The van der Waals surface area contributed by atoms with E-state index in [0.717, 1.165) is 42.4 Å². The molecule has 6 nitrogen and oxygen atoms in total. The summed E-state index contributed by atoms with van der Waals surface area (Å²) in [7, 11) is 2.39. The Kier molecular flexibility index (Phi) is 5.75. The van der Waals surface area contributed by atoms with Gasteiger partial charge < -0.3 is 9.47 Å². The van der Waals surface area contributed by atoms with Gasteiger partial charge in [0, 0.05) is 11.3 Å². The number of fused-ring (bicyclic) bond motifs is 1. The Morgan fingerprint density at radius 3 is 2.48 bits per heavy atom. The Morgan fingerprint density at radius 1 is 1.24 bits per heavy atom. The standard InChI is InChI=1S/C18H27BN2O4/c1-11-12(2)20-15(16(22)24-6)14-10-21(9-13(11)14)17(23)25-18(3,4)7-8-19-5/h19H,7-10H2,1-6H3. The zero-order chi connectivity index (χ0) is 18.8. The SMILES string of the molecule is CBCCC(C)(C)OC(=O)N1Cc2c(C(=O)OC)nc(C)c(C)c2C1. The minimum absolute atomic E-state index is 0.293. The van der Waals surface area contributed by atoms with E-state index in [2.05, 4.69) is 11.8 Å². The van der Waals surface area contributed by atoms with E-state index in [9.17, 15) is 9.59 Å². The molecular formula is C18H27BN2O4. The molecule has 0 atom stereocenters. The molecule has 0 aliphatic carbocycles. The largest absolute Gasteiger partial charge is 0.464 e. The molecule has 7 heteroatoms. The van der Waals surface area contributed by atoms with E-state index in [4.69, 9.17) is 9.47 Å². The third-order valence-corrected chi connectivity index (χ3v) is 4.76. The van der Waals surface area contributed by atoms with Gasteiger partial charge in [-0.15, -0.1) is 0 Å². The molecule has 0 unspecified atom stereocenters. The summed E-state index contributed by atoms with van der Waals surface area (Å²) in [6.07, 6.45) is 1.48. The highest BCUT2D eigenvalue weighted by Crippen LogP contribution is 2.31. The molecule has 0 aromatic carbocycles. The van der Waals surface area contributed by atoms with Crippen molar-refractivity contribution in [3.63, 3.8) is 0 Å². The van der Waals surface area contributed by atoms with E-state index in [1.165, 1.54) is 7.11 Å². The highest BCUT2D eigenvalue weighted by Gasteiger charge is 2.34. The number of carbonyl (C=O) groups is 2. The number of aryl methyl sites for hydroxylation is 1. The summed E-state index contributed by atoms with van der Waals surface area (Å²) in [6, 6.07) is 0. The zero-order valence-electron chi connectivity index (χ0n) is 16.1. The molecule has 1 aliphatic heterocycles. The number of pyridine rings is 1. The second-order valence-electron chi connectivity index (χ2n) is 7.21. The predicted molar refractivity (Wildman–Crippen MR) is 97.3 cm³/mol. The topological polar surface area (TPSA) is 68.7 Å². The summed E-state index contributed by atoms with van der Waals surface area (Å²) in [5, 5.41) is 0. The van der Waals surface area contributed by atoms with Gasteiger partial charge in [0.05, 0.1) is 20.2 Å². The van der Waals surface area contributed by atoms with Gasteiger partial charge in [0.1, 0.15) is 12.9 Å². The molecule has 136 valence electrons. The molecular weight excluding hydrogens is 319 g/mol. The normalized spacial score (nSPS) is 13.4. The molecule has 2 heterocycles. The Bertz CT molecular complexity index is 688. The fourth-order valence-corrected chi connectivity index (χ4v) is 3.08. The van der Waals surface area contributed by atoms with Gasteiger partial charge in [0.25, 0.3) is 0 Å². The van der Waals surface area contributed by atoms with Crippen LogP contribution < -0.4 is 0 Å². The van der Waals surface area contributed by atoms with Crippen molar-refractivity contribution < 1.29 is 19.1 Å². The van der Waals surface area contributed by atoms with Crippen LogP contribution in [-0.4, -0.2) is 41.9 Å². The number of carbonyl (C=O) groups excluding carboxylic acids is 2. The van der Waals surface area contributed by atoms with Crippen LogP contribution in [0.3, 0.4) is 0 Å². The van der Waals surface area contributed by atoms with E-state index in [-0.39, 0.29) is 6.09 Å². The lowest BCUT2D eigenvalue weighted by Crippen LogP contribution is -2.35. The van der Waals surface area contributed by atoms with Crippen LogP contribution in [0.5, 0.6) is 0 Å². The van der Waals surface area contributed by atoms with Gasteiger partial charge in [-0.25, -0.2) is 14.6 Å². The van der Waals surface area contributed by atoms with Crippen LogP contribution in [0.25, 0.3) is 0 Å². The molecule has 1 aromatic heterocycles. The molecule has 0 fully saturated rings. The summed E-state index contributed by atoms with van der Waals surface area (Å²) in [5.74, 6) is -0.474. The molecule has 0 saturated heterocycles. The van der Waals surface area contributed by atoms with Crippen molar-refractivity contribution in [3.8, 4) is 0 Å². The van der Waals surface area contributed by atoms with Crippen LogP contribution in [0.15, 0.2) is 0 Å². The first kappa shape index (κ1) is 19.3. The second kappa shape index (κ2) is 7.46. The third-order valence-electron chi connectivity index (χ3n) is 4.76. The highest BCUT2D eigenvalue weighted by molar-refractivity contribution is 6.33. The minimum Gasteiger partial charge on any atom is -0.464 e. The monoisotopic (exact) mass is 346 g/mol. The number of ether oxygens (including phenoxy) is 2. The van der Waals surface area contributed by atoms with Crippen molar-refractivity contribution in [2.24, 2.45) is 0 Å². The molecule has 25 heavy (non-hydrogen) atoms. The number of rotatable bonds is 5. The van der Waals surface area contributed by atoms with Gasteiger partial charge in [0.15, 0.2) is 5.69 Å². The molecule has 2 rings (SSSR count). The molecule has 1 amide bonds. The van der Waals surface area contributed by atoms with Crippen molar-refractivity contribution in [2.75, 3.05) is 7.11 Å². The number of nitrogens with zero attached hydrogens (tertiary/aromatic N) is 2. The van der Waals surface area contributed by atoms with Crippen LogP contribution >= 0.6 is 0 Å². The van der Waals surface area contributed by atoms with Crippen molar-refractivity contribution in [1.29, 1.82) is 0 Å². The summed E-state index contributed by atoms with van der Waals surface area (Å²) < 4.78 is 10.5. The van der Waals surface area contributed by atoms with Gasteiger partial charge in [-0.2, -0.15) is 0 Å². The van der Waals surface area contributed by atoms with Crippen LogP contribution in [0.2, 0.25) is 13.1 Å². The van der Waals surface area contributed by atoms with Crippen molar-refractivity contribution in [3.05, 3.63) is 28.1 Å². The summed E-state index contributed by atoms with van der Waals surface area (Å²) >= 11 is 0. The summed E-state index contributed by atoms with van der Waals surface area (Å²) in [5.41, 5.74) is 3.30. The van der Waals surface area contributed by atoms with Crippen LogP contribution in [0.1, 0.15) is 53.1 Å². The highest BCUT2D eigenvalue weighted by atomic mass is 16.6. The molecule has 0 saturated carbocycles. The Hall–Kier alpha value is -2.05. The molecule has 0 radical (unpaired) electrons. The van der Waals surface area contributed by atoms with Crippen molar-refractivity contribution >= 4 is 19.3 Å². The van der Waals surface area contributed by atoms with E-state index in [0.29, 0.717) is 18.8 Å². The molecule has 0 N–H and O–H groups in total. The number of amides is 1. The Morgan fingerprint density at radius 2 is 1.88 bits per heavy atom. The number of methoxy groups -OCH3 is 1. The fourth-order valence-electron chi connectivity index (χ4n) is 3.08. The summed E-state index contributed by atoms with van der Waals surface area (Å²) in [4.78, 5) is 30.6. The van der Waals surface area contributed by atoms with Crippen LogP contribution in [-0.2, 0) is 22.6 Å². The third kappa shape index (κ3) is 4.14. The fraction of sp³-hybridized carbons (Fsp3) is 0.611.